The zero-order valence-electron chi connectivity index (χ0n) is 11.7. The van der Waals surface area contributed by atoms with Crippen LogP contribution >= 0.6 is 0 Å². The summed E-state index contributed by atoms with van der Waals surface area (Å²) in [5.41, 5.74) is 0.648. The third-order valence-electron chi connectivity index (χ3n) is 2.24. The van der Waals surface area contributed by atoms with Gasteiger partial charge in [0, 0.05) is 12.0 Å². The third-order valence-corrected chi connectivity index (χ3v) is 3.11. The molecule has 6 heteroatoms. The van der Waals surface area contributed by atoms with Crippen molar-refractivity contribution in [3.8, 4) is 0 Å². The molecule has 0 radical (unpaired) electrons. The van der Waals surface area contributed by atoms with Gasteiger partial charge in [0.1, 0.15) is 0 Å². The Morgan fingerprint density at radius 3 is 2.68 bits per heavy atom. The normalized spacial score (nSPS) is 14.1. The molecule has 1 heterocycles. The molecule has 0 aromatic carbocycles. The van der Waals surface area contributed by atoms with E-state index in [2.05, 4.69) is 4.74 Å². The van der Waals surface area contributed by atoms with Crippen LogP contribution in [0.3, 0.4) is 0 Å². The van der Waals surface area contributed by atoms with Crippen LogP contribution in [0.5, 0.6) is 0 Å². The highest BCUT2D eigenvalue weighted by atomic mass is 28.4. The van der Waals surface area contributed by atoms with Gasteiger partial charge < -0.3 is 18.7 Å². The van der Waals surface area contributed by atoms with Crippen LogP contribution in [0.2, 0.25) is 19.6 Å². The topological polar surface area (TPSA) is 68.9 Å². The molecule has 1 aromatic heterocycles. The monoisotopic (exact) mass is 284 g/mol. The van der Waals surface area contributed by atoms with E-state index in [9.17, 15) is 9.90 Å². The molecule has 0 aliphatic rings. The van der Waals surface area contributed by atoms with Gasteiger partial charge in [0.2, 0.25) is 8.32 Å². The molecule has 106 valence electrons. The Balaban J connectivity index is 2.80. The summed E-state index contributed by atoms with van der Waals surface area (Å²) >= 11 is 0. The first-order valence-corrected chi connectivity index (χ1v) is 9.40. The number of rotatable bonds is 6. The molecule has 0 aliphatic heterocycles. The van der Waals surface area contributed by atoms with Gasteiger partial charge in [0.05, 0.1) is 37.6 Å². The first-order chi connectivity index (χ1) is 8.81. The van der Waals surface area contributed by atoms with Crippen molar-refractivity contribution in [3.05, 3.63) is 36.0 Å². The van der Waals surface area contributed by atoms with E-state index in [0.717, 1.165) is 0 Å². The minimum atomic E-state index is -1.86. The summed E-state index contributed by atoms with van der Waals surface area (Å²) in [5, 5.41) is 10.0. The van der Waals surface area contributed by atoms with Crippen LogP contribution in [0.4, 0.5) is 0 Å². The number of aliphatic hydroxyl groups is 1. The smallest absolute Gasteiger partial charge is 0.333 e. The van der Waals surface area contributed by atoms with E-state index < -0.39 is 20.4 Å². The number of hydrogen-bond acceptors (Lipinski definition) is 5. The van der Waals surface area contributed by atoms with Crippen LogP contribution in [-0.2, 0) is 14.0 Å². The largest absolute Gasteiger partial charge is 0.547 e. The lowest BCUT2D eigenvalue weighted by atomic mass is 10.1. The molecule has 0 saturated carbocycles. The van der Waals surface area contributed by atoms with E-state index in [-0.39, 0.29) is 6.42 Å². The van der Waals surface area contributed by atoms with E-state index in [1.807, 2.05) is 19.6 Å². The standard InChI is InChI=1S/C13H20O5Si/c1-16-13(15)8-11(18-19(2,3)4)7-12(14)10-5-6-17-9-10/h5-6,8-9,12,14H,7H2,1-4H3/b11-8-/t12-/m0/s1. The molecule has 1 N–H and O–H groups in total. The highest BCUT2D eigenvalue weighted by Gasteiger charge is 2.21. The number of carbonyl (C=O) groups excluding carboxylic acids is 1. The summed E-state index contributed by atoms with van der Waals surface area (Å²) in [6.07, 6.45) is 3.67. The Morgan fingerprint density at radius 2 is 2.21 bits per heavy atom. The van der Waals surface area contributed by atoms with Crippen molar-refractivity contribution >= 4 is 14.3 Å². The molecule has 0 amide bonds. The number of esters is 1. The summed E-state index contributed by atoms with van der Waals surface area (Å²) in [4.78, 5) is 11.3. The van der Waals surface area contributed by atoms with Crippen molar-refractivity contribution in [2.45, 2.75) is 32.2 Å². The van der Waals surface area contributed by atoms with Crippen LogP contribution in [0.15, 0.2) is 34.8 Å². The molecule has 0 bridgehead atoms. The number of carbonyl (C=O) groups is 1. The maximum Gasteiger partial charge on any atom is 0.333 e. The maximum atomic E-state index is 11.3. The predicted molar refractivity (Wildman–Crippen MR) is 72.8 cm³/mol. The quantitative estimate of drug-likeness (QED) is 0.376. The van der Waals surface area contributed by atoms with Crippen molar-refractivity contribution in [3.63, 3.8) is 0 Å². The fourth-order valence-corrected chi connectivity index (χ4v) is 2.42. The van der Waals surface area contributed by atoms with Gasteiger partial charge in [-0.15, -0.1) is 0 Å². The summed E-state index contributed by atoms with van der Waals surface area (Å²) < 4.78 is 15.3. The third kappa shape index (κ3) is 5.76. The van der Waals surface area contributed by atoms with Crippen LogP contribution in [0.25, 0.3) is 0 Å². The van der Waals surface area contributed by atoms with Crippen LogP contribution in [-0.4, -0.2) is 26.5 Å². The van der Waals surface area contributed by atoms with Gasteiger partial charge in [-0.25, -0.2) is 4.79 Å². The molecular formula is C13H20O5Si. The van der Waals surface area contributed by atoms with Crippen LogP contribution < -0.4 is 0 Å². The minimum absolute atomic E-state index is 0.207. The van der Waals surface area contributed by atoms with Crippen molar-refractivity contribution in [2.75, 3.05) is 7.11 Å². The highest BCUT2D eigenvalue weighted by Crippen LogP contribution is 2.24. The van der Waals surface area contributed by atoms with Crippen LogP contribution in [0.1, 0.15) is 18.1 Å². The van der Waals surface area contributed by atoms with Gasteiger partial charge in [-0.05, 0) is 25.7 Å². The molecule has 1 atom stereocenters. The first-order valence-electron chi connectivity index (χ1n) is 5.99. The summed E-state index contributed by atoms with van der Waals surface area (Å²) in [7, 11) is -0.559. The summed E-state index contributed by atoms with van der Waals surface area (Å²) in [5.74, 6) is -0.0626. The Labute approximate surface area is 114 Å². The number of ether oxygens (including phenoxy) is 1. The average molecular weight is 284 g/mol. The molecule has 0 unspecified atom stereocenters. The Hall–Kier alpha value is -1.53. The van der Waals surface area contributed by atoms with Gasteiger partial charge in [-0.1, -0.05) is 0 Å². The fourth-order valence-electron chi connectivity index (χ4n) is 1.49. The molecule has 0 spiro atoms. The second-order valence-corrected chi connectivity index (χ2v) is 9.55. The second kappa shape index (κ2) is 6.58. The zero-order chi connectivity index (χ0) is 14.5. The molecule has 0 saturated heterocycles. The molecule has 0 fully saturated rings. The Kier molecular flexibility index (Phi) is 5.38. The average Bonchev–Trinajstić information content (AvgIpc) is 2.79. The van der Waals surface area contributed by atoms with Gasteiger partial charge in [0.25, 0.3) is 0 Å². The molecule has 0 aliphatic carbocycles. The van der Waals surface area contributed by atoms with Gasteiger partial charge in [-0.2, -0.15) is 0 Å². The van der Waals surface area contributed by atoms with Crippen LogP contribution in [0, 0.1) is 0 Å². The van der Waals surface area contributed by atoms with E-state index in [1.165, 1.54) is 25.7 Å². The molecule has 5 nitrogen and oxygen atoms in total. The van der Waals surface area contributed by atoms with Gasteiger partial charge >= 0.3 is 5.97 Å². The van der Waals surface area contributed by atoms with Crippen molar-refractivity contribution < 1.29 is 23.5 Å². The Bertz CT molecular complexity index is 430. The lowest BCUT2D eigenvalue weighted by Crippen LogP contribution is -2.26. The highest BCUT2D eigenvalue weighted by molar-refractivity contribution is 6.70. The van der Waals surface area contributed by atoms with E-state index in [1.54, 1.807) is 6.07 Å². The maximum absolute atomic E-state index is 11.3. The summed E-state index contributed by atoms with van der Waals surface area (Å²) in [6.45, 7) is 6.01. The summed E-state index contributed by atoms with van der Waals surface area (Å²) in [6, 6.07) is 1.68. The lowest BCUT2D eigenvalue weighted by molar-refractivity contribution is -0.135. The Morgan fingerprint density at radius 1 is 1.53 bits per heavy atom. The fraction of sp³-hybridized carbons (Fsp3) is 0.462. The van der Waals surface area contributed by atoms with Crippen molar-refractivity contribution in [1.29, 1.82) is 0 Å². The molecule has 1 rings (SSSR count). The number of hydrogen-bond donors (Lipinski definition) is 1. The van der Waals surface area contributed by atoms with E-state index in [0.29, 0.717) is 11.3 Å². The number of furan rings is 1. The second-order valence-electron chi connectivity index (χ2n) is 5.12. The predicted octanol–water partition coefficient (Wildman–Crippen LogP) is 2.61. The zero-order valence-corrected chi connectivity index (χ0v) is 12.7. The van der Waals surface area contributed by atoms with E-state index >= 15 is 0 Å². The number of aliphatic hydroxyl groups excluding tert-OH is 1. The van der Waals surface area contributed by atoms with Gasteiger partial charge in [0.15, 0.2) is 0 Å². The lowest BCUT2D eigenvalue weighted by Gasteiger charge is -2.23. The van der Waals surface area contributed by atoms with Crippen molar-refractivity contribution in [2.24, 2.45) is 0 Å². The molecule has 19 heavy (non-hydrogen) atoms. The molecule has 1 aromatic rings. The van der Waals surface area contributed by atoms with Gasteiger partial charge in [-0.3, -0.25) is 0 Å². The number of methoxy groups -OCH3 is 1. The first kappa shape index (κ1) is 15.5. The minimum Gasteiger partial charge on any atom is -0.547 e. The van der Waals surface area contributed by atoms with Crippen molar-refractivity contribution in [1.82, 2.24) is 0 Å². The molecular weight excluding hydrogens is 264 g/mol. The van der Waals surface area contributed by atoms with E-state index in [4.69, 9.17) is 8.84 Å². The SMILES string of the molecule is COC(=O)/C=C(/C[C@H](O)c1ccoc1)O[Si](C)(C)C.